The molecule has 2 aliphatic heterocycles. The number of nitrogens with zero attached hydrogens (tertiary/aromatic N) is 4. The Balaban J connectivity index is 1.49. The van der Waals surface area contributed by atoms with Crippen LogP contribution in [0.5, 0.6) is 0 Å². The highest BCUT2D eigenvalue weighted by molar-refractivity contribution is 8.00. The maximum Gasteiger partial charge on any atom is 0.229 e. The first kappa shape index (κ1) is 23.8. The van der Waals surface area contributed by atoms with Gasteiger partial charge in [0.2, 0.25) is 5.95 Å². The fourth-order valence-corrected chi connectivity index (χ4v) is 5.25. The SMILES string of the molecule is C/C(N)=C/C(N)=Nc1nc(Nc2cc(C)c(C3CCN(C4CSC4)CC3)cc2F)ncc1Cl. The molecule has 176 valence electrons. The van der Waals surface area contributed by atoms with Crippen LogP contribution < -0.4 is 16.8 Å². The second kappa shape index (κ2) is 10.3. The van der Waals surface area contributed by atoms with Crippen LogP contribution in [-0.4, -0.2) is 51.3 Å². The van der Waals surface area contributed by atoms with E-state index in [-0.39, 0.29) is 28.4 Å². The number of nitrogens with one attached hydrogen (secondary N) is 1. The molecule has 1 aromatic heterocycles. The lowest BCUT2D eigenvalue weighted by Gasteiger charge is -2.41. The molecule has 33 heavy (non-hydrogen) atoms. The third-order valence-electron chi connectivity index (χ3n) is 6.04. The maximum absolute atomic E-state index is 15.0. The van der Waals surface area contributed by atoms with Crippen molar-refractivity contribution in [3.63, 3.8) is 0 Å². The number of aryl methyl sites for hydroxylation is 1. The highest BCUT2D eigenvalue weighted by atomic mass is 35.5. The van der Waals surface area contributed by atoms with Gasteiger partial charge >= 0.3 is 0 Å². The summed E-state index contributed by atoms with van der Waals surface area (Å²) < 4.78 is 15.0. The summed E-state index contributed by atoms with van der Waals surface area (Å²) in [6, 6.07) is 4.20. The molecule has 2 aromatic rings. The molecular formula is C23H29ClFN7S. The summed E-state index contributed by atoms with van der Waals surface area (Å²) in [6.45, 7) is 5.89. The van der Waals surface area contributed by atoms with Gasteiger partial charge < -0.3 is 16.8 Å². The lowest BCUT2D eigenvalue weighted by Crippen LogP contribution is -2.47. The Bertz CT molecular complexity index is 1070. The first-order chi connectivity index (χ1) is 15.8. The normalized spacial score (nSPS) is 18.9. The molecule has 10 heteroatoms. The van der Waals surface area contributed by atoms with Gasteiger partial charge in [-0.1, -0.05) is 11.6 Å². The Morgan fingerprint density at radius 1 is 1.30 bits per heavy atom. The summed E-state index contributed by atoms with van der Waals surface area (Å²) >= 11 is 8.15. The molecule has 1 aromatic carbocycles. The molecule has 2 saturated heterocycles. The molecule has 4 rings (SSSR count). The van der Waals surface area contributed by atoms with Crippen LogP contribution in [0.2, 0.25) is 5.02 Å². The van der Waals surface area contributed by atoms with Gasteiger partial charge in [-0.05, 0) is 75.0 Å². The molecule has 0 aliphatic carbocycles. The van der Waals surface area contributed by atoms with Gasteiger partial charge in [-0.25, -0.2) is 14.4 Å². The zero-order valence-corrected chi connectivity index (χ0v) is 20.4. The molecule has 0 bridgehead atoms. The second-order valence-corrected chi connectivity index (χ2v) is 10.1. The summed E-state index contributed by atoms with van der Waals surface area (Å²) in [5.41, 5.74) is 14.4. The summed E-state index contributed by atoms with van der Waals surface area (Å²) in [4.78, 5) is 15.2. The molecular weight excluding hydrogens is 461 g/mol. The fourth-order valence-electron chi connectivity index (χ4n) is 4.25. The van der Waals surface area contributed by atoms with Gasteiger partial charge in [0.25, 0.3) is 0 Å². The Morgan fingerprint density at radius 2 is 2.03 bits per heavy atom. The lowest BCUT2D eigenvalue weighted by molar-refractivity contribution is 0.170. The van der Waals surface area contributed by atoms with Gasteiger partial charge in [0.05, 0.1) is 11.9 Å². The second-order valence-electron chi connectivity index (χ2n) is 8.61. The van der Waals surface area contributed by atoms with Crippen molar-refractivity contribution in [2.24, 2.45) is 16.5 Å². The zero-order chi connectivity index (χ0) is 23.5. The zero-order valence-electron chi connectivity index (χ0n) is 18.8. The minimum absolute atomic E-state index is 0.162. The van der Waals surface area contributed by atoms with E-state index in [4.69, 9.17) is 23.1 Å². The molecule has 2 fully saturated rings. The van der Waals surface area contributed by atoms with Crippen LogP contribution in [-0.2, 0) is 0 Å². The van der Waals surface area contributed by atoms with Gasteiger partial charge in [-0.15, -0.1) is 0 Å². The van der Waals surface area contributed by atoms with E-state index in [1.807, 2.05) is 24.8 Å². The van der Waals surface area contributed by atoms with E-state index in [0.717, 1.165) is 43.1 Å². The van der Waals surface area contributed by atoms with Crippen LogP contribution in [0.3, 0.4) is 0 Å². The van der Waals surface area contributed by atoms with Crippen LogP contribution in [0.4, 0.5) is 21.8 Å². The Labute approximate surface area is 202 Å². The number of amidine groups is 1. The number of aromatic nitrogens is 2. The van der Waals surface area contributed by atoms with Crippen LogP contribution in [0.25, 0.3) is 0 Å². The van der Waals surface area contributed by atoms with Crippen LogP contribution in [0, 0.1) is 12.7 Å². The Hall–Kier alpha value is -2.36. The summed E-state index contributed by atoms with van der Waals surface area (Å²) in [5, 5.41) is 3.17. The Kier molecular flexibility index (Phi) is 7.41. The van der Waals surface area contributed by atoms with E-state index >= 15 is 4.39 Å². The van der Waals surface area contributed by atoms with E-state index < -0.39 is 0 Å². The average molecular weight is 490 g/mol. The maximum atomic E-state index is 15.0. The quantitative estimate of drug-likeness (QED) is 0.406. The van der Waals surface area contributed by atoms with Crippen molar-refractivity contribution >= 4 is 46.7 Å². The lowest BCUT2D eigenvalue weighted by atomic mass is 9.86. The van der Waals surface area contributed by atoms with Crippen LogP contribution in [0.15, 0.2) is 35.1 Å². The number of rotatable bonds is 6. The van der Waals surface area contributed by atoms with Gasteiger partial charge in [0.1, 0.15) is 16.7 Å². The monoisotopic (exact) mass is 489 g/mol. The highest BCUT2D eigenvalue weighted by Crippen LogP contribution is 2.36. The number of halogens is 2. The van der Waals surface area contributed by atoms with Crippen molar-refractivity contribution in [3.05, 3.63) is 52.1 Å². The minimum atomic E-state index is -0.335. The molecule has 0 spiro atoms. The van der Waals surface area contributed by atoms with Crippen molar-refractivity contribution in [3.8, 4) is 0 Å². The van der Waals surface area contributed by atoms with E-state index in [9.17, 15) is 0 Å². The predicted molar refractivity (Wildman–Crippen MR) is 135 cm³/mol. The van der Waals surface area contributed by atoms with E-state index in [2.05, 4.69) is 25.2 Å². The molecule has 2 aliphatic rings. The number of allylic oxidation sites excluding steroid dienone is 1. The predicted octanol–water partition coefficient (Wildman–Crippen LogP) is 4.47. The van der Waals surface area contributed by atoms with E-state index in [1.165, 1.54) is 23.8 Å². The third kappa shape index (κ3) is 5.77. The van der Waals surface area contributed by atoms with Gasteiger partial charge in [0, 0.05) is 23.2 Å². The summed E-state index contributed by atoms with van der Waals surface area (Å²) in [6.07, 6.45) is 5.03. The number of nitrogens with two attached hydrogens (primary N) is 2. The van der Waals surface area contributed by atoms with E-state index in [0.29, 0.717) is 17.3 Å². The number of anilines is 2. The molecule has 0 radical (unpaired) electrons. The number of aliphatic imine (C=N–C) groups is 1. The van der Waals surface area contributed by atoms with Crippen molar-refractivity contribution in [2.45, 2.75) is 38.6 Å². The first-order valence-electron chi connectivity index (χ1n) is 11.0. The standard InChI is InChI=1S/C23H29ClFN7S/c1-13-7-20(29-23-28-10-18(24)22(31-23)30-21(27)8-14(2)26)19(25)9-17(13)15-3-5-32(6-4-15)16-11-33-12-16/h7-10,15-16H,3-6,11-12,26H2,1-2H3,(H3,27,28,29,30,31)/b14-8-. The van der Waals surface area contributed by atoms with E-state index in [1.54, 1.807) is 13.0 Å². The van der Waals surface area contributed by atoms with Gasteiger partial charge in [-0.2, -0.15) is 16.7 Å². The average Bonchev–Trinajstić information content (AvgIpc) is 2.72. The Morgan fingerprint density at radius 3 is 2.67 bits per heavy atom. The number of piperidine rings is 1. The topological polar surface area (TPSA) is 105 Å². The number of thioether (sulfide) groups is 1. The smallest absolute Gasteiger partial charge is 0.229 e. The molecule has 5 N–H and O–H groups in total. The molecule has 0 amide bonds. The number of hydrogen-bond acceptors (Lipinski definition) is 7. The number of likely N-dealkylation sites (tertiary alicyclic amines) is 1. The van der Waals surface area contributed by atoms with Crippen LogP contribution >= 0.6 is 23.4 Å². The third-order valence-corrected chi connectivity index (χ3v) is 7.55. The highest BCUT2D eigenvalue weighted by Gasteiger charge is 2.30. The largest absolute Gasteiger partial charge is 0.402 e. The van der Waals surface area contributed by atoms with Crippen molar-refractivity contribution in [1.29, 1.82) is 0 Å². The molecule has 7 nitrogen and oxygen atoms in total. The minimum Gasteiger partial charge on any atom is -0.402 e. The van der Waals surface area contributed by atoms with Gasteiger partial charge in [0.15, 0.2) is 5.82 Å². The molecule has 3 heterocycles. The summed E-state index contributed by atoms with van der Waals surface area (Å²) in [7, 11) is 0. The molecule has 0 atom stereocenters. The number of hydrogen-bond donors (Lipinski definition) is 3. The van der Waals surface area contributed by atoms with Crippen LogP contribution in [0.1, 0.15) is 36.8 Å². The molecule has 0 saturated carbocycles. The first-order valence-corrected chi connectivity index (χ1v) is 12.5. The van der Waals surface area contributed by atoms with Gasteiger partial charge in [-0.3, -0.25) is 4.90 Å². The fraction of sp³-hybridized carbons (Fsp3) is 0.435. The molecule has 0 unspecified atom stereocenters. The van der Waals surface area contributed by atoms with Crippen molar-refractivity contribution in [2.75, 3.05) is 29.9 Å². The number of benzene rings is 1. The van der Waals surface area contributed by atoms with Crippen molar-refractivity contribution in [1.82, 2.24) is 14.9 Å². The van der Waals surface area contributed by atoms with Crippen molar-refractivity contribution < 1.29 is 4.39 Å². The summed E-state index contributed by atoms with van der Waals surface area (Å²) in [5.74, 6) is 3.05.